The lowest BCUT2D eigenvalue weighted by Gasteiger charge is -2.33. The molecule has 68 valence electrons. The third-order valence-electron chi connectivity index (χ3n) is 2.83. The van der Waals surface area contributed by atoms with E-state index >= 15 is 0 Å². The van der Waals surface area contributed by atoms with E-state index in [0.29, 0.717) is 6.42 Å². The van der Waals surface area contributed by atoms with Gasteiger partial charge in [-0.2, -0.15) is 0 Å². The Morgan fingerprint density at radius 1 is 1.42 bits per heavy atom. The molecule has 1 spiro atoms. The fraction of sp³-hybridized carbons (Fsp3) is 0.875. The van der Waals surface area contributed by atoms with E-state index in [4.69, 9.17) is 0 Å². The van der Waals surface area contributed by atoms with Gasteiger partial charge in [-0.05, 0) is 25.9 Å². The molecule has 0 bridgehead atoms. The zero-order valence-electron chi connectivity index (χ0n) is 7.39. The average molecular weight is 169 g/mol. The topological polar surface area (TPSA) is 44.4 Å². The van der Waals surface area contributed by atoms with Crippen molar-refractivity contribution in [2.75, 3.05) is 20.1 Å². The normalized spacial score (nSPS) is 28.4. The van der Waals surface area contributed by atoms with Crippen LogP contribution in [0.2, 0.25) is 0 Å². The maximum absolute atomic E-state index is 11.3. The van der Waals surface area contributed by atoms with Crippen LogP contribution < -0.4 is 10.7 Å². The number of piperidine rings is 1. The molecular weight excluding hydrogens is 154 g/mol. The van der Waals surface area contributed by atoms with Crippen LogP contribution in [0, 0.1) is 0 Å². The second kappa shape index (κ2) is 2.71. The fourth-order valence-corrected chi connectivity index (χ4v) is 2.06. The molecule has 0 aliphatic carbocycles. The monoisotopic (exact) mass is 169 g/mol. The molecule has 0 unspecified atom stereocenters. The zero-order valence-corrected chi connectivity index (χ0v) is 7.39. The minimum atomic E-state index is 0.0804. The first-order valence-corrected chi connectivity index (χ1v) is 4.47. The van der Waals surface area contributed by atoms with Gasteiger partial charge in [-0.15, -0.1) is 0 Å². The van der Waals surface area contributed by atoms with Gasteiger partial charge in [0.2, 0.25) is 5.91 Å². The summed E-state index contributed by atoms with van der Waals surface area (Å²) >= 11 is 0. The Labute approximate surface area is 72.3 Å². The molecule has 0 aromatic carbocycles. The van der Waals surface area contributed by atoms with Crippen LogP contribution in [0.5, 0.6) is 0 Å². The summed E-state index contributed by atoms with van der Waals surface area (Å²) in [6.45, 7) is 2.04. The number of carbonyl (C=O) groups is 1. The molecule has 0 atom stereocenters. The lowest BCUT2D eigenvalue weighted by atomic mass is 9.87. The number of nitrogens with zero attached hydrogens (tertiary/aromatic N) is 1. The molecule has 0 radical (unpaired) electrons. The van der Waals surface area contributed by atoms with Crippen molar-refractivity contribution in [3.63, 3.8) is 0 Å². The molecule has 0 aromatic heterocycles. The molecule has 4 heteroatoms. The van der Waals surface area contributed by atoms with Gasteiger partial charge in [0.25, 0.3) is 0 Å². The summed E-state index contributed by atoms with van der Waals surface area (Å²) in [5.41, 5.74) is 3.34. The molecular formula is C8H15N3O. The average Bonchev–Trinajstić information content (AvgIpc) is 2.29. The van der Waals surface area contributed by atoms with Crippen LogP contribution in [0.4, 0.5) is 0 Å². The standard InChI is InChI=1S/C8H15N3O/c1-11-7(12)6-8(10-11)2-4-9-5-3-8/h9-10H,2-6H2,1H3. The summed E-state index contributed by atoms with van der Waals surface area (Å²) in [6, 6.07) is 0. The quantitative estimate of drug-likeness (QED) is 0.512. The molecule has 0 aromatic rings. The van der Waals surface area contributed by atoms with Gasteiger partial charge in [-0.25, -0.2) is 5.43 Å². The number of carbonyl (C=O) groups excluding carboxylic acids is 1. The van der Waals surface area contributed by atoms with Crippen LogP contribution >= 0.6 is 0 Å². The number of hydrogen-bond donors (Lipinski definition) is 2. The first-order valence-electron chi connectivity index (χ1n) is 4.47. The first kappa shape index (κ1) is 8.01. The highest BCUT2D eigenvalue weighted by Crippen LogP contribution is 2.27. The van der Waals surface area contributed by atoms with Crippen LogP contribution in [-0.2, 0) is 4.79 Å². The largest absolute Gasteiger partial charge is 0.317 e. The van der Waals surface area contributed by atoms with Crippen molar-refractivity contribution in [3.05, 3.63) is 0 Å². The molecule has 2 aliphatic heterocycles. The summed E-state index contributed by atoms with van der Waals surface area (Å²) in [6.07, 6.45) is 2.79. The molecule has 4 nitrogen and oxygen atoms in total. The number of nitrogens with one attached hydrogen (secondary N) is 2. The van der Waals surface area contributed by atoms with Crippen molar-refractivity contribution in [1.82, 2.24) is 15.8 Å². The molecule has 2 heterocycles. The van der Waals surface area contributed by atoms with Gasteiger partial charge in [0.05, 0.1) is 0 Å². The summed E-state index contributed by atoms with van der Waals surface area (Å²) < 4.78 is 0. The van der Waals surface area contributed by atoms with E-state index in [0.717, 1.165) is 25.9 Å². The van der Waals surface area contributed by atoms with Gasteiger partial charge < -0.3 is 5.32 Å². The lowest BCUT2D eigenvalue weighted by molar-refractivity contribution is -0.128. The van der Waals surface area contributed by atoms with E-state index in [2.05, 4.69) is 10.7 Å². The maximum atomic E-state index is 11.3. The number of rotatable bonds is 0. The van der Waals surface area contributed by atoms with Gasteiger partial charge in [-0.1, -0.05) is 0 Å². The van der Waals surface area contributed by atoms with E-state index in [-0.39, 0.29) is 11.4 Å². The molecule has 1 amide bonds. The number of hydrazine groups is 1. The summed E-state index contributed by atoms with van der Waals surface area (Å²) in [7, 11) is 1.80. The second-order valence-electron chi connectivity index (χ2n) is 3.77. The molecule has 2 N–H and O–H groups in total. The van der Waals surface area contributed by atoms with Gasteiger partial charge in [0.1, 0.15) is 0 Å². The number of amides is 1. The Bertz CT molecular complexity index is 198. The Balaban J connectivity index is 2.07. The van der Waals surface area contributed by atoms with Crippen molar-refractivity contribution in [2.45, 2.75) is 24.8 Å². The highest BCUT2D eigenvalue weighted by molar-refractivity contribution is 5.79. The molecule has 2 saturated heterocycles. The van der Waals surface area contributed by atoms with E-state index in [1.165, 1.54) is 0 Å². The molecule has 2 aliphatic rings. The number of hydrogen-bond acceptors (Lipinski definition) is 3. The molecule has 2 rings (SSSR count). The minimum absolute atomic E-state index is 0.0804. The zero-order chi connectivity index (χ0) is 8.60. The highest BCUT2D eigenvalue weighted by atomic mass is 16.2. The van der Waals surface area contributed by atoms with Gasteiger partial charge in [0.15, 0.2) is 0 Å². The minimum Gasteiger partial charge on any atom is -0.317 e. The fourth-order valence-electron chi connectivity index (χ4n) is 2.06. The van der Waals surface area contributed by atoms with Crippen molar-refractivity contribution >= 4 is 5.91 Å². The van der Waals surface area contributed by atoms with E-state index < -0.39 is 0 Å². The van der Waals surface area contributed by atoms with Crippen molar-refractivity contribution in [3.8, 4) is 0 Å². The van der Waals surface area contributed by atoms with Crippen LogP contribution in [0.3, 0.4) is 0 Å². The second-order valence-corrected chi connectivity index (χ2v) is 3.77. The van der Waals surface area contributed by atoms with Gasteiger partial charge in [-0.3, -0.25) is 9.80 Å². The highest BCUT2D eigenvalue weighted by Gasteiger charge is 2.41. The van der Waals surface area contributed by atoms with E-state index in [1.807, 2.05) is 0 Å². The van der Waals surface area contributed by atoms with Gasteiger partial charge >= 0.3 is 0 Å². The maximum Gasteiger partial charge on any atom is 0.238 e. The predicted molar refractivity (Wildman–Crippen MR) is 45.4 cm³/mol. The predicted octanol–water partition coefficient (Wildman–Crippen LogP) is -0.525. The van der Waals surface area contributed by atoms with Crippen LogP contribution in [-0.4, -0.2) is 36.6 Å². The smallest absolute Gasteiger partial charge is 0.238 e. The Morgan fingerprint density at radius 3 is 2.58 bits per heavy atom. The van der Waals surface area contributed by atoms with Crippen LogP contribution in [0.25, 0.3) is 0 Å². The summed E-state index contributed by atoms with van der Waals surface area (Å²) in [5.74, 6) is 0.219. The third kappa shape index (κ3) is 1.21. The summed E-state index contributed by atoms with van der Waals surface area (Å²) in [4.78, 5) is 11.3. The van der Waals surface area contributed by atoms with Gasteiger partial charge in [0, 0.05) is 19.0 Å². The molecule has 12 heavy (non-hydrogen) atoms. The van der Waals surface area contributed by atoms with E-state index in [1.54, 1.807) is 12.1 Å². The molecule has 2 fully saturated rings. The van der Waals surface area contributed by atoms with Crippen LogP contribution in [0.15, 0.2) is 0 Å². The third-order valence-corrected chi connectivity index (χ3v) is 2.83. The van der Waals surface area contributed by atoms with Crippen molar-refractivity contribution in [1.29, 1.82) is 0 Å². The molecule has 0 saturated carbocycles. The van der Waals surface area contributed by atoms with Crippen molar-refractivity contribution < 1.29 is 4.79 Å². The summed E-state index contributed by atoms with van der Waals surface area (Å²) in [5, 5.41) is 4.93. The Kier molecular flexibility index (Phi) is 1.81. The van der Waals surface area contributed by atoms with Crippen molar-refractivity contribution in [2.24, 2.45) is 0 Å². The van der Waals surface area contributed by atoms with E-state index in [9.17, 15) is 4.79 Å². The Morgan fingerprint density at radius 2 is 2.08 bits per heavy atom. The van der Waals surface area contributed by atoms with Crippen LogP contribution in [0.1, 0.15) is 19.3 Å². The Hall–Kier alpha value is -0.610. The SMILES string of the molecule is CN1NC2(CCNCC2)CC1=O. The first-order chi connectivity index (χ1) is 5.72. The lowest BCUT2D eigenvalue weighted by Crippen LogP contribution is -2.51.